The van der Waals surface area contributed by atoms with Gasteiger partial charge in [-0.3, -0.25) is 4.90 Å². The van der Waals surface area contributed by atoms with Crippen molar-refractivity contribution in [3.8, 4) is 5.75 Å². The van der Waals surface area contributed by atoms with Crippen molar-refractivity contribution in [1.29, 1.82) is 0 Å². The highest BCUT2D eigenvalue weighted by Gasteiger charge is 2.57. The molecule has 1 saturated heterocycles. The number of aryl methyl sites for hydroxylation is 1. The average molecular weight is 403 g/mol. The van der Waals surface area contributed by atoms with Crippen LogP contribution in [0, 0.1) is 6.92 Å². The molecule has 5 rings (SSSR count). The molecule has 2 atom stereocenters. The molecule has 1 aliphatic carbocycles. The number of H-pyrrole nitrogens is 1. The number of aliphatic hydroxyl groups is 1. The molecule has 156 valence electrons. The van der Waals surface area contributed by atoms with E-state index in [9.17, 15) is 5.11 Å². The van der Waals surface area contributed by atoms with Gasteiger partial charge in [0.15, 0.2) is 0 Å². The third-order valence-corrected chi connectivity index (χ3v) is 7.34. The fraction of sp³-hybridized carbons (Fsp3) is 0.385. The van der Waals surface area contributed by atoms with E-state index in [0.717, 1.165) is 31.7 Å². The number of fused-ring (bicyclic) bond motifs is 4. The van der Waals surface area contributed by atoms with Gasteiger partial charge in [0.05, 0.1) is 12.7 Å². The minimum atomic E-state index is -0.854. The summed E-state index contributed by atoms with van der Waals surface area (Å²) in [6.07, 6.45) is 4.29. The van der Waals surface area contributed by atoms with E-state index in [0.29, 0.717) is 13.0 Å². The summed E-state index contributed by atoms with van der Waals surface area (Å²) in [4.78, 5) is 6.02. The monoisotopic (exact) mass is 402 g/mol. The zero-order valence-corrected chi connectivity index (χ0v) is 17.9. The largest absolute Gasteiger partial charge is 0.497 e. The Hall–Kier alpha value is -2.56. The number of likely N-dealkylation sites (tertiary alicyclic amines) is 1. The highest BCUT2D eigenvalue weighted by atomic mass is 16.5. The first-order valence-corrected chi connectivity index (χ1v) is 10.8. The quantitative estimate of drug-likeness (QED) is 0.645. The fourth-order valence-corrected chi connectivity index (χ4v) is 5.81. The molecule has 4 nitrogen and oxygen atoms in total. The van der Waals surface area contributed by atoms with Crippen molar-refractivity contribution < 1.29 is 9.84 Å². The van der Waals surface area contributed by atoms with Crippen molar-refractivity contribution in [3.05, 3.63) is 77.5 Å². The molecule has 0 spiro atoms. The van der Waals surface area contributed by atoms with Gasteiger partial charge in [-0.25, -0.2) is 0 Å². The van der Waals surface area contributed by atoms with Crippen LogP contribution in [0.3, 0.4) is 0 Å². The molecule has 30 heavy (non-hydrogen) atoms. The highest BCUT2D eigenvalue weighted by Crippen LogP contribution is 2.51. The van der Waals surface area contributed by atoms with Crippen molar-refractivity contribution in [2.24, 2.45) is 0 Å². The van der Waals surface area contributed by atoms with E-state index < -0.39 is 5.60 Å². The Balaban J connectivity index is 1.68. The van der Waals surface area contributed by atoms with Crippen molar-refractivity contribution >= 4 is 10.9 Å². The summed E-state index contributed by atoms with van der Waals surface area (Å²) in [5.74, 6) is 0.843. The van der Waals surface area contributed by atoms with Gasteiger partial charge < -0.3 is 14.8 Å². The first-order valence-electron chi connectivity index (χ1n) is 10.8. The summed E-state index contributed by atoms with van der Waals surface area (Å²) >= 11 is 0. The van der Waals surface area contributed by atoms with E-state index in [2.05, 4.69) is 53.7 Å². The van der Waals surface area contributed by atoms with Crippen LogP contribution in [0.5, 0.6) is 5.75 Å². The number of piperidine rings is 1. The SMILES string of the molecule is C=CCN1CC[C@@]2(c3cccc(OC)c3)Cc3[nH]c4cc(C)ccc4c3C[C@]2(O)C1. The van der Waals surface area contributed by atoms with E-state index >= 15 is 0 Å². The van der Waals surface area contributed by atoms with Crippen LogP contribution < -0.4 is 4.74 Å². The van der Waals surface area contributed by atoms with E-state index in [1.807, 2.05) is 18.2 Å². The number of nitrogens with one attached hydrogen (secondary N) is 1. The molecule has 1 aliphatic heterocycles. The van der Waals surface area contributed by atoms with Crippen LogP contribution in [0.15, 0.2) is 55.1 Å². The van der Waals surface area contributed by atoms with Crippen LogP contribution in [0.2, 0.25) is 0 Å². The van der Waals surface area contributed by atoms with Crippen LogP contribution in [0.4, 0.5) is 0 Å². The van der Waals surface area contributed by atoms with Gasteiger partial charge in [0, 0.05) is 47.9 Å². The van der Waals surface area contributed by atoms with Gasteiger partial charge in [0.1, 0.15) is 5.75 Å². The number of ether oxygens (including phenoxy) is 1. The zero-order chi connectivity index (χ0) is 20.9. The maximum atomic E-state index is 12.3. The molecule has 0 bridgehead atoms. The van der Waals surface area contributed by atoms with E-state index in [1.165, 1.54) is 33.3 Å². The molecule has 2 aromatic carbocycles. The van der Waals surface area contributed by atoms with E-state index in [4.69, 9.17) is 4.74 Å². The Labute approximate surface area is 178 Å². The molecule has 1 fully saturated rings. The van der Waals surface area contributed by atoms with Crippen LogP contribution in [0.1, 0.15) is 28.8 Å². The first-order chi connectivity index (χ1) is 14.5. The van der Waals surface area contributed by atoms with Gasteiger partial charge in [-0.2, -0.15) is 0 Å². The number of aromatic nitrogens is 1. The molecule has 2 heterocycles. The molecule has 3 aromatic rings. The lowest BCUT2D eigenvalue weighted by atomic mass is 9.56. The second kappa shape index (κ2) is 7.00. The summed E-state index contributed by atoms with van der Waals surface area (Å²) in [5, 5.41) is 13.5. The number of benzene rings is 2. The van der Waals surface area contributed by atoms with Crippen LogP contribution >= 0.6 is 0 Å². The van der Waals surface area contributed by atoms with Crippen molar-refractivity contribution in [3.63, 3.8) is 0 Å². The number of hydrogen-bond donors (Lipinski definition) is 2. The third-order valence-electron chi connectivity index (χ3n) is 7.34. The summed E-state index contributed by atoms with van der Waals surface area (Å²) in [7, 11) is 1.70. The minimum absolute atomic E-state index is 0.345. The lowest BCUT2D eigenvalue weighted by molar-refractivity contribution is -0.100. The average Bonchev–Trinajstić information content (AvgIpc) is 3.07. The molecule has 2 N–H and O–H groups in total. The van der Waals surface area contributed by atoms with Gasteiger partial charge in [0.2, 0.25) is 0 Å². The highest BCUT2D eigenvalue weighted by molar-refractivity contribution is 5.86. The third kappa shape index (κ3) is 2.82. The predicted octanol–water partition coefficient (Wildman–Crippen LogP) is 4.14. The topological polar surface area (TPSA) is 48.5 Å². The number of nitrogens with zero attached hydrogens (tertiary/aromatic N) is 1. The molecule has 0 saturated carbocycles. The van der Waals surface area contributed by atoms with Crippen molar-refractivity contribution in [2.75, 3.05) is 26.7 Å². The molecule has 0 amide bonds. The van der Waals surface area contributed by atoms with Gasteiger partial charge in [-0.15, -0.1) is 6.58 Å². The maximum Gasteiger partial charge on any atom is 0.119 e. The van der Waals surface area contributed by atoms with Crippen LogP contribution in [-0.4, -0.2) is 47.3 Å². The Morgan fingerprint density at radius 1 is 1.23 bits per heavy atom. The van der Waals surface area contributed by atoms with E-state index in [-0.39, 0.29) is 5.41 Å². The molecule has 2 aliphatic rings. The second-order valence-corrected chi connectivity index (χ2v) is 9.10. The molecule has 4 heteroatoms. The number of aromatic amines is 1. The first kappa shape index (κ1) is 19.4. The Morgan fingerprint density at radius 3 is 2.90 bits per heavy atom. The van der Waals surface area contributed by atoms with Gasteiger partial charge in [-0.1, -0.05) is 30.3 Å². The van der Waals surface area contributed by atoms with Gasteiger partial charge >= 0.3 is 0 Å². The molecule has 0 radical (unpaired) electrons. The molecule has 0 unspecified atom stereocenters. The van der Waals surface area contributed by atoms with Crippen molar-refractivity contribution in [2.45, 2.75) is 37.2 Å². The van der Waals surface area contributed by atoms with Crippen LogP contribution in [-0.2, 0) is 18.3 Å². The number of methoxy groups -OCH3 is 1. The summed E-state index contributed by atoms with van der Waals surface area (Å²) < 4.78 is 5.53. The molecular formula is C26H30N2O2. The number of hydrogen-bond acceptors (Lipinski definition) is 3. The molecule has 1 aromatic heterocycles. The van der Waals surface area contributed by atoms with Gasteiger partial charge in [-0.05, 0) is 54.8 Å². The Morgan fingerprint density at radius 2 is 2.10 bits per heavy atom. The van der Waals surface area contributed by atoms with Gasteiger partial charge in [0.25, 0.3) is 0 Å². The summed E-state index contributed by atoms with van der Waals surface area (Å²) in [6.45, 7) is 8.43. The summed E-state index contributed by atoms with van der Waals surface area (Å²) in [6, 6.07) is 14.9. The standard InChI is InChI=1S/C26H30N2O2/c1-4-11-28-12-10-25(19-6-5-7-20(14-19)30-3)16-24-22(15-26(25,29)17-28)21-9-8-18(2)13-23(21)27-24/h4-9,13-14,27,29H,1,10-12,15-17H2,2-3H3/t25-,26-/m0/s1. The minimum Gasteiger partial charge on any atom is -0.497 e. The lowest BCUT2D eigenvalue weighted by Gasteiger charge is -2.56. The number of β-amino-alcohol motifs (C(OH)–C–C–N with tert-alkyl or cyclic N) is 1. The number of rotatable bonds is 4. The normalized spacial score (nSPS) is 26.2. The predicted molar refractivity (Wildman–Crippen MR) is 121 cm³/mol. The summed E-state index contributed by atoms with van der Waals surface area (Å²) in [5.41, 5.74) is 4.92. The van der Waals surface area contributed by atoms with Crippen LogP contribution in [0.25, 0.3) is 10.9 Å². The fourth-order valence-electron chi connectivity index (χ4n) is 5.81. The Bertz CT molecular complexity index is 1120. The Kier molecular flexibility index (Phi) is 4.53. The molecular weight excluding hydrogens is 372 g/mol. The maximum absolute atomic E-state index is 12.3. The smallest absolute Gasteiger partial charge is 0.119 e. The van der Waals surface area contributed by atoms with E-state index in [1.54, 1.807) is 7.11 Å². The second-order valence-electron chi connectivity index (χ2n) is 9.10. The lowest BCUT2D eigenvalue weighted by Crippen LogP contribution is -2.66. The van der Waals surface area contributed by atoms with Crippen molar-refractivity contribution in [1.82, 2.24) is 9.88 Å². The zero-order valence-electron chi connectivity index (χ0n) is 17.9.